The van der Waals surface area contributed by atoms with Gasteiger partial charge >= 0.3 is 5.97 Å². The van der Waals surface area contributed by atoms with Crippen LogP contribution in [0.3, 0.4) is 0 Å². The number of halogens is 1. The summed E-state index contributed by atoms with van der Waals surface area (Å²) < 4.78 is 29.4. The second-order valence-electron chi connectivity index (χ2n) is 7.58. The molecule has 0 bridgehead atoms. The first-order valence-corrected chi connectivity index (χ1v) is 11.2. The van der Waals surface area contributed by atoms with Crippen molar-refractivity contribution >= 4 is 28.9 Å². The Morgan fingerprint density at radius 3 is 2.33 bits per heavy atom. The maximum atomic E-state index is 13.0. The first-order chi connectivity index (χ1) is 17.5. The summed E-state index contributed by atoms with van der Waals surface area (Å²) in [6.45, 7) is 2.10. The molecular weight excluding hydrogens is 463 g/mol. The first-order valence-electron chi connectivity index (χ1n) is 11.2. The number of fused-ring (bicyclic) bond motifs is 1. The highest BCUT2D eigenvalue weighted by Crippen LogP contribution is 2.27. The summed E-state index contributed by atoms with van der Waals surface area (Å²) in [7, 11) is 0. The van der Waals surface area contributed by atoms with Crippen molar-refractivity contribution in [3.63, 3.8) is 0 Å². The van der Waals surface area contributed by atoms with Gasteiger partial charge in [0.2, 0.25) is 0 Å². The maximum absolute atomic E-state index is 13.0. The van der Waals surface area contributed by atoms with E-state index in [4.69, 9.17) is 14.2 Å². The van der Waals surface area contributed by atoms with Crippen LogP contribution < -0.4 is 19.6 Å². The molecule has 0 aliphatic heterocycles. The number of amides is 1. The smallest absolute Gasteiger partial charge is 0.343 e. The molecule has 0 spiro atoms. The van der Waals surface area contributed by atoms with Crippen LogP contribution in [0.5, 0.6) is 17.2 Å². The third kappa shape index (κ3) is 6.24. The molecular formula is C28H23FN2O5. The number of rotatable bonds is 9. The largest absolute Gasteiger partial charge is 0.494 e. The van der Waals surface area contributed by atoms with Crippen molar-refractivity contribution in [3.8, 4) is 17.2 Å². The van der Waals surface area contributed by atoms with Crippen LogP contribution in [0.1, 0.15) is 22.8 Å². The van der Waals surface area contributed by atoms with Crippen LogP contribution in [-0.4, -0.2) is 31.3 Å². The quantitative estimate of drug-likeness (QED) is 0.154. The maximum Gasteiger partial charge on any atom is 0.343 e. The minimum Gasteiger partial charge on any atom is -0.494 e. The number of carbonyl (C=O) groups excluding carboxylic acids is 2. The van der Waals surface area contributed by atoms with Gasteiger partial charge in [0.1, 0.15) is 23.1 Å². The average molecular weight is 486 g/mol. The fourth-order valence-electron chi connectivity index (χ4n) is 3.39. The van der Waals surface area contributed by atoms with Crippen molar-refractivity contribution in [2.24, 2.45) is 5.10 Å². The first kappa shape index (κ1) is 24.4. The van der Waals surface area contributed by atoms with Crippen LogP contribution in [-0.2, 0) is 4.79 Å². The van der Waals surface area contributed by atoms with E-state index in [9.17, 15) is 14.0 Å². The Kier molecular flexibility index (Phi) is 7.87. The van der Waals surface area contributed by atoms with Crippen molar-refractivity contribution < 1.29 is 28.2 Å². The lowest BCUT2D eigenvalue weighted by atomic mass is 10.0. The summed E-state index contributed by atoms with van der Waals surface area (Å²) in [6, 6.07) is 23.0. The number of carbonyl (C=O) groups is 2. The Morgan fingerprint density at radius 2 is 1.58 bits per heavy atom. The second-order valence-corrected chi connectivity index (χ2v) is 7.58. The van der Waals surface area contributed by atoms with Crippen molar-refractivity contribution in [1.82, 2.24) is 5.43 Å². The van der Waals surface area contributed by atoms with E-state index in [0.717, 1.165) is 10.8 Å². The monoisotopic (exact) mass is 486 g/mol. The van der Waals surface area contributed by atoms with E-state index >= 15 is 0 Å². The molecule has 1 amide bonds. The molecule has 0 saturated carbocycles. The summed E-state index contributed by atoms with van der Waals surface area (Å²) in [4.78, 5) is 24.9. The zero-order valence-electron chi connectivity index (χ0n) is 19.4. The molecule has 0 aromatic heterocycles. The van der Waals surface area contributed by atoms with Gasteiger partial charge < -0.3 is 14.2 Å². The number of ether oxygens (including phenoxy) is 3. The minimum absolute atomic E-state index is 0.285. The highest BCUT2D eigenvalue weighted by Gasteiger charge is 2.14. The van der Waals surface area contributed by atoms with Gasteiger partial charge in [0.25, 0.3) is 5.91 Å². The Morgan fingerprint density at radius 1 is 0.889 bits per heavy atom. The summed E-state index contributed by atoms with van der Waals surface area (Å²) in [5.74, 6) is -0.151. The zero-order chi connectivity index (χ0) is 25.3. The van der Waals surface area contributed by atoms with Crippen molar-refractivity contribution in [2.45, 2.75) is 6.92 Å². The fourth-order valence-corrected chi connectivity index (χ4v) is 3.39. The molecule has 36 heavy (non-hydrogen) atoms. The van der Waals surface area contributed by atoms with Gasteiger partial charge in [-0.2, -0.15) is 5.10 Å². The normalized spacial score (nSPS) is 10.8. The number of hydrogen-bond acceptors (Lipinski definition) is 6. The Balaban J connectivity index is 1.48. The van der Waals surface area contributed by atoms with E-state index in [1.165, 1.54) is 30.5 Å². The van der Waals surface area contributed by atoms with E-state index in [0.29, 0.717) is 29.2 Å². The number of esters is 1. The van der Waals surface area contributed by atoms with Gasteiger partial charge in [-0.25, -0.2) is 14.6 Å². The molecule has 0 aliphatic rings. The van der Waals surface area contributed by atoms with E-state index < -0.39 is 17.7 Å². The summed E-state index contributed by atoms with van der Waals surface area (Å²) >= 11 is 0. The standard InChI is InChI=1S/C28H23FN2O5/c1-2-34-22-12-7-20(8-13-22)28(33)36-26-16-9-19-5-3-4-6-24(19)25(26)17-30-31-27(32)18-35-23-14-10-21(29)11-15-23/h3-17H,2,18H2,1H3,(H,31,32)/b30-17-. The fraction of sp³-hybridized carbons (Fsp3) is 0.107. The highest BCUT2D eigenvalue weighted by atomic mass is 19.1. The zero-order valence-corrected chi connectivity index (χ0v) is 19.4. The molecule has 0 radical (unpaired) electrons. The highest BCUT2D eigenvalue weighted by molar-refractivity contribution is 6.04. The summed E-state index contributed by atoms with van der Waals surface area (Å²) in [5.41, 5.74) is 3.27. The third-order valence-electron chi connectivity index (χ3n) is 5.10. The van der Waals surface area contributed by atoms with E-state index in [2.05, 4.69) is 10.5 Å². The van der Waals surface area contributed by atoms with Crippen LogP contribution in [0, 0.1) is 5.82 Å². The second kappa shape index (κ2) is 11.6. The van der Waals surface area contributed by atoms with Crippen molar-refractivity contribution in [3.05, 3.63) is 102 Å². The Hall–Kier alpha value is -4.72. The molecule has 7 nitrogen and oxygen atoms in total. The lowest BCUT2D eigenvalue weighted by Gasteiger charge is -2.11. The molecule has 4 rings (SSSR count). The van der Waals surface area contributed by atoms with Gasteiger partial charge in [0.15, 0.2) is 6.61 Å². The van der Waals surface area contributed by atoms with E-state index in [-0.39, 0.29) is 12.4 Å². The van der Waals surface area contributed by atoms with Crippen LogP contribution >= 0.6 is 0 Å². The summed E-state index contributed by atoms with van der Waals surface area (Å²) in [5, 5.41) is 5.71. The van der Waals surface area contributed by atoms with Gasteiger partial charge in [-0.05, 0) is 72.3 Å². The molecule has 8 heteroatoms. The predicted molar refractivity (Wildman–Crippen MR) is 134 cm³/mol. The number of nitrogens with zero attached hydrogens (tertiary/aromatic N) is 1. The van der Waals surface area contributed by atoms with Crippen molar-refractivity contribution in [2.75, 3.05) is 13.2 Å². The molecule has 0 aliphatic carbocycles. The predicted octanol–water partition coefficient (Wildman–Crippen LogP) is 5.13. The third-order valence-corrected chi connectivity index (χ3v) is 5.10. The van der Waals surface area contributed by atoms with Crippen LogP contribution in [0.2, 0.25) is 0 Å². The van der Waals surface area contributed by atoms with Crippen LogP contribution in [0.15, 0.2) is 90.0 Å². The molecule has 0 heterocycles. The van der Waals surface area contributed by atoms with Crippen LogP contribution in [0.25, 0.3) is 10.8 Å². The van der Waals surface area contributed by atoms with Gasteiger partial charge in [-0.1, -0.05) is 30.3 Å². The van der Waals surface area contributed by atoms with Crippen molar-refractivity contribution in [1.29, 1.82) is 0 Å². The van der Waals surface area contributed by atoms with E-state index in [1.54, 1.807) is 30.3 Å². The molecule has 0 fully saturated rings. The molecule has 0 saturated heterocycles. The molecule has 4 aromatic carbocycles. The average Bonchev–Trinajstić information content (AvgIpc) is 2.90. The van der Waals surface area contributed by atoms with Gasteiger partial charge in [0, 0.05) is 5.56 Å². The number of hydrazone groups is 1. The van der Waals surface area contributed by atoms with Gasteiger partial charge in [0.05, 0.1) is 18.4 Å². The van der Waals surface area contributed by atoms with Gasteiger partial charge in [-0.15, -0.1) is 0 Å². The lowest BCUT2D eigenvalue weighted by molar-refractivity contribution is -0.123. The molecule has 4 aromatic rings. The summed E-state index contributed by atoms with van der Waals surface area (Å²) in [6.07, 6.45) is 1.42. The molecule has 182 valence electrons. The molecule has 1 N–H and O–H groups in total. The van der Waals surface area contributed by atoms with Gasteiger partial charge in [-0.3, -0.25) is 4.79 Å². The minimum atomic E-state index is -0.542. The topological polar surface area (TPSA) is 86.2 Å². The lowest BCUT2D eigenvalue weighted by Crippen LogP contribution is -2.24. The number of nitrogens with one attached hydrogen (secondary N) is 1. The number of hydrogen-bond donors (Lipinski definition) is 1. The Labute approximate surface area is 207 Å². The molecule has 0 atom stereocenters. The van der Waals surface area contributed by atoms with Crippen LogP contribution in [0.4, 0.5) is 4.39 Å². The van der Waals surface area contributed by atoms with E-state index in [1.807, 2.05) is 37.3 Å². The molecule has 0 unspecified atom stereocenters. The SMILES string of the molecule is CCOc1ccc(C(=O)Oc2ccc3ccccc3c2/C=N\NC(=O)COc2ccc(F)cc2)cc1. The number of benzene rings is 4. The Bertz CT molecular complexity index is 1390.